The van der Waals surface area contributed by atoms with Crippen molar-refractivity contribution in [3.05, 3.63) is 0 Å². The summed E-state index contributed by atoms with van der Waals surface area (Å²) in [5.74, 6) is 1.07. The van der Waals surface area contributed by atoms with Gasteiger partial charge in [-0.15, -0.1) is 0 Å². The van der Waals surface area contributed by atoms with Crippen LogP contribution in [0.4, 0.5) is 0 Å². The van der Waals surface area contributed by atoms with Gasteiger partial charge in [0.05, 0.1) is 6.42 Å². The Morgan fingerprint density at radius 1 is 1.24 bits per heavy atom. The summed E-state index contributed by atoms with van der Waals surface area (Å²) in [6.45, 7) is 11.0. The highest BCUT2D eigenvalue weighted by atomic mass is 16.4. The zero-order valence-corrected chi connectivity index (χ0v) is 14.1. The first-order valence-electron chi connectivity index (χ1n) is 8.50. The maximum Gasteiger partial charge on any atom is 0.305 e. The van der Waals surface area contributed by atoms with Crippen LogP contribution >= 0.6 is 0 Å². The molecule has 1 heterocycles. The van der Waals surface area contributed by atoms with Gasteiger partial charge in [-0.3, -0.25) is 9.69 Å². The van der Waals surface area contributed by atoms with Gasteiger partial charge in [0.15, 0.2) is 0 Å². The molecular formula is C17H32N2O2. The first-order chi connectivity index (χ1) is 9.85. The first kappa shape index (κ1) is 16.8. The molecule has 1 aliphatic heterocycles. The molecule has 1 saturated carbocycles. The summed E-state index contributed by atoms with van der Waals surface area (Å²) in [5.41, 5.74) is -0.126. The second-order valence-electron chi connectivity index (χ2n) is 7.70. The lowest BCUT2D eigenvalue weighted by Gasteiger charge is -2.55. The van der Waals surface area contributed by atoms with Crippen LogP contribution in [0.5, 0.6) is 0 Å². The normalized spacial score (nSPS) is 36.0. The van der Waals surface area contributed by atoms with Crippen molar-refractivity contribution in [3.63, 3.8) is 0 Å². The minimum absolute atomic E-state index is 0.126. The summed E-state index contributed by atoms with van der Waals surface area (Å²) in [4.78, 5) is 16.5. The summed E-state index contributed by atoms with van der Waals surface area (Å²) in [6.07, 6.45) is 3.78. The molecule has 2 fully saturated rings. The van der Waals surface area contributed by atoms with E-state index < -0.39 is 5.97 Å². The molecule has 4 nitrogen and oxygen atoms in total. The van der Waals surface area contributed by atoms with Crippen molar-refractivity contribution < 1.29 is 9.90 Å². The van der Waals surface area contributed by atoms with Crippen LogP contribution in [0.3, 0.4) is 0 Å². The van der Waals surface area contributed by atoms with Crippen LogP contribution < -0.4 is 0 Å². The number of rotatable bonds is 4. The number of carbonyl (C=O) groups is 1. The largest absolute Gasteiger partial charge is 0.481 e. The number of carboxylic acids is 1. The predicted octanol–water partition coefficient (Wildman–Crippen LogP) is 2.54. The second-order valence-corrected chi connectivity index (χ2v) is 7.70. The molecule has 21 heavy (non-hydrogen) atoms. The third kappa shape index (κ3) is 3.59. The Bertz CT molecular complexity index is 364. The van der Waals surface area contributed by atoms with Gasteiger partial charge in [-0.25, -0.2) is 0 Å². The molecule has 2 aliphatic rings. The smallest absolute Gasteiger partial charge is 0.305 e. The summed E-state index contributed by atoms with van der Waals surface area (Å²) in [6, 6.07) is 0. The average Bonchev–Trinajstić information content (AvgIpc) is 2.38. The summed E-state index contributed by atoms with van der Waals surface area (Å²) >= 11 is 0. The van der Waals surface area contributed by atoms with Gasteiger partial charge < -0.3 is 10.0 Å². The number of nitrogens with zero attached hydrogens (tertiary/aromatic N) is 2. The van der Waals surface area contributed by atoms with Crippen LogP contribution in [0.1, 0.15) is 46.5 Å². The van der Waals surface area contributed by atoms with Gasteiger partial charge >= 0.3 is 5.97 Å². The van der Waals surface area contributed by atoms with Gasteiger partial charge in [-0.2, -0.15) is 0 Å². The molecule has 0 aromatic carbocycles. The topological polar surface area (TPSA) is 43.8 Å². The van der Waals surface area contributed by atoms with Crippen molar-refractivity contribution in [1.82, 2.24) is 9.80 Å². The highest BCUT2D eigenvalue weighted by Crippen LogP contribution is 2.47. The second kappa shape index (κ2) is 6.66. The molecule has 0 amide bonds. The standard InChI is InChI=1S/C17H32N2O2/c1-13(2)15-6-5-14(3)11-17(15,12-16(20)21)19-9-7-18(4)8-10-19/h13-15H,5-12H2,1-4H3,(H,20,21). The number of likely N-dealkylation sites (N-methyl/N-ethyl adjacent to an activating group) is 1. The first-order valence-corrected chi connectivity index (χ1v) is 8.50. The predicted molar refractivity (Wildman–Crippen MR) is 85.4 cm³/mol. The maximum atomic E-state index is 11.6. The zero-order chi connectivity index (χ0) is 15.6. The van der Waals surface area contributed by atoms with Crippen LogP contribution in [-0.2, 0) is 4.79 Å². The number of aliphatic carboxylic acids is 1. The summed E-state index contributed by atoms with van der Waals surface area (Å²) in [7, 11) is 2.16. The van der Waals surface area contributed by atoms with Crippen molar-refractivity contribution in [3.8, 4) is 0 Å². The van der Waals surface area contributed by atoms with Gasteiger partial charge in [0.25, 0.3) is 0 Å². The Hall–Kier alpha value is -0.610. The molecule has 0 bridgehead atoms. The van der Waals surface area contributed by atoms with Crippen molar-refractivity contribution in [2.45, 2.75) is 52.0 Å². The Labute approximate surface area is 129 Å². The van der Waals surface area contributed by atoms with Gasteiger partial charge in [0, 0.05) is 31.7 Å². The van der Waals surface area contributed by atoms with Gasteiger partial charge in [0.2, 0.25) is 0 Å². The maximum absolute atomic E-state index is 11.6. The van der Waals surface area contributed by atoms with E-state index in [4.69, 9.17) is 0 Å². The van der Waals surface area contributed by atoms with E-state index in [1.165, 1.54) is 12.8 Å². The lowest BCUT2D eigenvalue weighted by molar-refractivity contribution is -0.146. The van der Waals surface area contributed by atoms with E-state index in [0.29, 0.717) is 24.2 Å². The highest BCUT2D eigenvalue weighted by molar-refractivity contribution is 5.68. The molecule has 122 valence electrons. The third-order valence-electron chi connectivity index (χ3n) is 5.76. The molecule has 1 aliphatic carbocycles. The third-order valence-corrected chi connectivity index (χ3v) is 5.76. The molecule has 0 aromatic heterocycles. The Morgan fingerprint density at radius 2 is 1.86 bits per heavy atom. The van der Waals surface area contributed by atoms with Gasteiger partial charge in [-0.05, 0) is 37.6 Å². The minimum Gasteiger partial charge on any atom is -0.481 e. The van der Waals surface area contributed by atoms with E-state index in [1.54, 1.807) is 0 Å². The molecule has 1 saturated heterocycles. The fourth-order valence-corrected chi connectivity index (χ4v) is 4.74. The van der Waals surface area contributed by atoms with Crippen LogP contribution in [0.25, 0.3) is 0 Å². The van der Waals surface area contributed by atoms with E-state index in [0.717, 1.165) is 32.6 Å². The summed E-state index contributed by atoms with van der Waals surface area (Å²) < 4.78 is 0. The zero-order valence-electron chi connectivity index (χ0n) is 14.1. The quantitative estimate of drug-likeness (QED) is 0.866. The Balaban J connectivity index is 2.30. The van der Waals surface area contributed by atoms with Crippen LogP contribution in [0.2, 0.25) is 0 Å². The average molecular weight is 296 g/mol. The number of piperazine rings is 1. The van der Waals surface area contributed by atoms with Crippen LogP contribution in [0, 0.1) is 17.8 Å². The van der Waals surface area contributed by atoms with E-state index in [-0.39, 0.29) is 5.54 Å². The molecular weight excluding hydrogens is 264 g/mol. The van der Waals surface area contributed by atoms with Crippen LogP contribution in [0.15, 0.2) is 0 Å². The highest BCUT2D eigenvalue weighted by Gasteiger charge is 2.49. The summed E-state index contributed by atoms with van der Waals surface area (Å²) in [5, 5.41) is 9.56. The van der Waals surface area contributed by atoms with Crippen LogP contribution in [-0.4, -0.2) is 59.6 Å². The molecule has 4 heteroatoms. The molecule has 2 rings (SSSR count). The SMILES string of the molecule is CC1CCC(C(C)C)C(CC(=O)O)(N2CCN(C)CC2)C1. The van der Waals surface area contributed by atoms with E-state index in [9.17, 15) is 9.90 Å². The minimum atomic E-state index is -0.631. The molecule has 0 radical (unpaired) electrons. The monoisotopic (exact) mass is 296 g/mol. The molecule has 0 aromatic rings. The van der Waals surface area contributed by atoms with Crippen molar-refractivity contribution in [2.75, 3.05) is 33.2 Å². The van der Waals surface area contributed by atoms with E-state index >= 15 is 0 Å². The van der Waals surface area contributed by atoms with E-state index in [2.05, 4.69) is 37.6 Å². The Morgan fingerprint density at radius 3 is 2.38 bits per heavy atom. The Kier molecular flexibility index (Phi) is 5.31. The molecule has 1 N–H and O–H groups in total. The van der Waals surface area contributed by atoms with Crippen molar-refractivity contribution in [2.24, 2.45) is 17.8 Å². The van der Waals surface area contributed by atoms with Gasteiger partial charge in [0.1, 0.15) is 0 Å². The fraction of sp³-hybridized carbons (Fsp3) is 0.941. The number of hydrogen-bond acceptors (Lipinski definition) is 3. The molecule has 0 spiro atoms. The molecule has 3 unspecified atom stereocenters. The lowest BCUT2D eigenvalue weighted by Crippen LogP contribution is -2.63. The van der Waals surface area contributed by atoms with Crippen molar-refractivity contribution in [1.29, 1.82) is 0 Å². The number of hydrogen-bond donors (Lipinski definition) is 1. The van der Waals surface area contributed by atoms with Gasteiger partial charge in [-0.1, -0.05) is 27.2 Å². The fourth-order valence-electron chi connectivity index (χ4n) is 4.74. The lowest BCUT2D eigenvalue weighted by atomic mass is 9.62. The van der Waals surface area contributed by atoms with Crippen molar-refractivity contribution >= 4 is 5.97 Å². The number of carboxylic acid groups (broad SMARTS) is 1. The van der Waals surface area contributed by atoms with E-state index in [1.807, 2.05) is 0 Å². The molecule has 3 atom stereocenters.